The summed E-state index contributed by atoms with van der Waals surface area (Å²) < 4.78 is 2.21. The Bertz CT molecular complexity index is 1430. The summed E-state index contributed by atoms with van der Waals surface area (Å²) in [6.07, 6.45) is 4.00. The van der Waals surface area contributed by atoms with Crippen molar-refractivity contribution in [2.24, 2.45) is 7.05 Å². The maximum absolute atomic E-state index is 4.92. The molecule has 0 aliphatic heterocycles. The van der Waals surface area contributed by atoms with Gasteiger partial charge in [0.15, 0.2) is 5.69 Å². The lowest BCUT2D eigenvalue weighted by molar-refractivity contribution is -0.663. The summed E-state index contributed by atoms with van der Waals surface area (Å²) in [7, 11) is 2.13. The van der Waals surface area contributed by atoms with Crippen LogP contribution >= 0.6 is 0 Å². The molecule has 0 bridgehead atoms. The van der Waals surface area contributed by atoms with Crippen LogP contribution in [0, 0.1) is 27.7 Å². The lowest BCUT2D eigenvalue weighted by Gasteiger charge is -2.13. The lowest BCUT2D eigenvalue weighted by atomic mass is 9.94. The number of hydrogen-bond donors (Lipinski definition) is 0. The van der Waals surface area contributed by atoms with Crippen LogP contribution in [0.1, 0.15) is 44.5 Å². The van der Waals surface area contributed by atoms with Crippen LogP contribution in [0.25, 0.3) is 33.6 Å². The molecular weight excluding hydrogens is 376 g/mol. The third-order valence-electron chi connectivity index (χ3n) is 7.45. The molecule has 0 saturated heterocycles. The molecule has 0 N–H and O–H groups in total. The fraction of sp³-hybridized carbons (Fsp3) is 0.241. The highest BCUT2D eigenvalue weighted by Crippen LogP contribution is 2.47. The fourth-order valence-electron chi connectivity index (χ4n) is 5.76. The molecule has 2 aliphatic carbocycles. The largest absolute Gasteiger partial charge is 0.287 e. The van der Waals surface area contributed by atoms with Gasteiger partial charge in [-0.2, -0.15) is 0 Å². The predicted molar refractivity (Wildman–Crippen MR) is 126 cm³/mol. The highest BCUT2D eigenvalue weighted by Gasteiger charge is 2.35. The molecule has 0 spiro atoms. The van der Waals surface area contributed by atoms with Gasteiger partial charge in [0.1, 0.15) is 5.69 Å². The van der Waals surface area contributed by atoms with Crippen molar-refractivity contribution in [1.29, 1.82) is 0 Å². The molecule has 1 aromatic heterocycles. The summed E-state index contributed by atoms with van der Waals surface area (Å²) in [6, 6.07) is 16.0. The molecule has 0 radical (unpaired) electrons. The van der Waals surface area contributed by atoms with Gasteiger partial charge in [-0.05, 0) is 95.7 Å². The van der Waals surface area contributed by atoms with Crippen LogP contribution in [0.3, 0.4) is 0 Å². The number of fused-ring (bicyclic) bond motifs is 7. The van der Waals surface area contributed by atoms with Gasteiger partial charge in [-0.15, -0.1) is 0 Å². The first-order valence-electron chi connectivity index (χ1n) is 11.1. The van der Waals surface area contributed by atoms with Crippen molar-refractivity contribution in [2.75, 3.05) is 0 Å². The molecule has 2 aliphatic rings. The average Bonchev–Trinajstić information content (AvgIpc) is 3.30. The SMILES string of the molecule is Cc1cc(C)c(C)c(-c2c3c(nc[n+]2C)-c2ccc4c(c2C3)Cc2c(C)cccc2-4)c1. The number of benzene rings is 3. The van der Waals surface area contributed by atoms with Crippen LogP contribution in [-0.4, -0.2) is 4.98 Å². The summed E-state index contributed by atoms with van der Waals surface area (Å²) in [5.41, 5.74) is 19.2. The van der Waals surface area contributed by atoms with Crippen molar-refractivity contribution in [3.05, 3.63) is 93.3 Å². The van der Waals surface area contributed by atoms with Crippen LogP contribution in [0.15, 0.2) is 48.8 Å². The van der Waals surface area contributed by atoms with E-state index in [0.29, 0.717) is 0 Å². The van der Waals surface area contributed by atoms with Gasteiger partial charge in [0.2, 0.25) is 0 Å². The van der Waals surface area contributed by atoms with Gasteiger partial charge >= 0.3 is 0 Å². The number of rotatable bonds is 1. The Kier molecular flexibility index (Phi) is 3.80. The zero-order valence-corrected chi connectivity index (χ0v) is 18.9. The van der Waals surface area contributed by atoms with E-state index in [4.69, 9.17) is 4.98 Å². The molecular formula is C29H27N2+. The number of aryl methyl sites for hydroxylation is 4. The lowest BCUT2D eigenvalue weighted by Crippen LogP contribution is -2.33. The average molecular weight is 404 g/mol. The Morgan fingerprint density at radius 2 is 1.42 bits per heavy atom. The second kappa shape index (κ2) is 6.37. The molecule has 0 amide bonds. The highest BCUT2D eigenvalue weighted by atomic mass is 15.0. The molecule has 6 rings (SSSR count). The van der Waals surface area contributed by atoms with Crippen LogP contribution in [0.4, 0.5) is 0 Å². The Hall–Kier alpha value is -3.26. The van der Waals surface area contributed by atoms with Crippen molar-refractivity contribution in [3.63, 3.8) is 0 Å². The van der Waals surface area contributed by atoms with E-state index in [2.05, 4.69) is 81.8 Å². The van der Waals surface area contributed by atoms with E-state index in [9.17, 15) is 0 Å². The fourth-order valence-corrected chi connectivity index (χ4v) is 5.76. The maximum Gasteiger partial charge on any atom is 0.287 e. The van der Waals surface area contributed by atoms with E-state index in [-0.39, 0.29) is 0 Å². The van der Waals surface area contributed by atoms with E-state index in [1.165, 1.54) is 72.5 Å². The topological polar surface area (TPSA) is 16.8 Å². The Morgan fingerprint density at radius 1 is 0.710 bits per heavy atom. The second-order valence-corrected chi connectivity index (χ2v) is 9.36. The van der Waals surface area contributed by atoms with E-state index >= 15 is 0 Å². The number of aromatic nitrogens is 2. The predicted octanol–water partition coefficient (Wildman–Crippen LogP) is 5.95. The Balaban J connectivity index is 1.57. The monoisotopic (exact) mass is 403 g/mol. The smallest absolute Gasteiger partial charge is 0.232 e. The minimum Gasteiger partial charge on any atom is -0.232 e. The van der Waals surface area contributed by atoms with Gasteiger partial charge in [0.05, 0.1) is 12.6 Å². The van der Waals surface area contributed by atoms with Crippen molar-refractivity contribution >= 4 is 0 Å². The zero-order valence-electron chi connectivity index (χ0n) is 18.9. The van der Waals surface area contributed by atoms with Crippen molar-refractivity contribution in [3.8, 4) is 33.6 Å². The third kappa shape index (κ3) is 2.51. The van der Waals surface area contributed by atoms with Crippen LogP contribution in [0.2, 0.25) is 0 Å². The van der Waals surface area contributed by atoms with E-state index in [0.717, 1.165) is 18.5 Å². The third-order valence-corrected chi connectivity index (χ3v) is 7.45. The number of nitrogens with zero attached hydrogens (tertiary/aromatic N) is 2. The molecule has 0 saturated carbocycles. The van der Waals surface area contributed by atoms with Gasteiger partial charge in [-0.1, -0.05) is 35.9 Å². The second-order valence-electron chi connectivity index (χ2n) is 9.36. The van der Waals surface area contributed by atoms with Gasteiger partial charge in [0, 0.05) is 17.5 Å². The molecule has 4 aromatic rings. The maximum atomic E-state index is 4.92. The first-order valence-corrected chi connectivity index (χ1v) is 11.1. The zero-order chi connectivity index (χ0) is 21.4. The van der Waals surface area contributed by atoms with Gasteiger partial charge in [0.25, 0.3) is 6.33 Å². The summed E-state index contributed by atoms with van der Waals surface area (Å²) >= 11 is 0. The van der Waals surface area contributed by atoms with Gasteiger partial charge in [-0.3, -0.25) is 0 Å². The number of hydrogen-bond acceptors (Lipinski definition) is 1. The molecule has 2 heteroatoms. The van der Waals surface area contributed by atoms with Crippen LogP contribution in [-0.2, 0) is 19.9 Å². The summed E-state index contributed by atoms with van der Waals surface area (Å²) in [4.78, 5) is 4.92. The minimum atomic E-state index is 0.963. The minimum absolute atomic E-state index is 0.963. The molecule has 31 heavy (non-hydrogen) atoms. The summed E-state index contributed by atoms with van der Waals surface area (Å²) in [5, 5.41) is 0. The standard InChI is InChI=1S/C29H27N2/c1-16-11-18(3)19(4)24(12-16)29-27-14-26-22(28(27)30-15-31(29)5)10-9-21-20-8-6-7-17(2)23(20)13-25(21)26/h6-12,15H,13-14H2,1-5H3/q+1. The van der Waals surface area contributed by atoms with Crippen LogP contribution in [0.5, 0.6) is 0 Å². The van der Waals surface area contributed by atoms with E-state index < -0.39 is 0 Å². The van der Waals surface area contributed by atoms with Crippen molar-refractivity contribution < 1.29 is 4.57 Å². The van der Waals surface area contributed by atoms with Crippen molar-refractivity contribution in [2.45, 2.75) is 40.5 Å². The summed E-state index contributed by atoms with van der Waals surface area (Å²) in [5.74, 6) is 0. The normalized spacial score (nSPS) is 13.1. The molecule has 2 nitrogen and oxygen atoms in total. The highest BCUT2D eigenvalue weighted by molar-refractivity contribution is 5.88. The summed E-state index contributed by atoms with van der Waals surface area (Å²) in [6.45, 7) is 8.89. The molecule has 1 heterocycles. The Morgan fingerprint density at radius 3 is 2.26 bits per heavy atom. The van der Waals surface area contributed by atoms with Gasteiger partial charge < -0.3 is 0 Å². The van der Waals surface area contributed by atoms with Gasteiger partial charge in [-0.25, -0.2) is 4.57 Å². The quantitative estimate of drug-likeness (QED) is 0.310. The van der Waals surface area contributed by atoms with Crippen molar-refractivity contribution in [1.82, 2.24) is 4.98 Å². The first kappa shape index (κ1) is 18.5. The molecule has 3 aromatic carbocycles. The Labute approximate surface area is 184 Å². The molecule has 0 unspecified atom stereocenters. The van der Waals surface area contributed by atoms with Crippen LogP contribution < -0.4 is 4.57 Å². The first-order chi connectivity index (χ1) is 14.9. The molecule has 0 fully saturated rings. The van der Waals surface area contributed by atoms with E-state index in [1.807, 2.05) is 6.33 Å². The molecule has 0 atom stereocenters. The van der Waals surface area contributed by atoms with E-state index in [1.54, 1.807) is 0 Å². The molecule has 152 valence electrons.